The van der Waals surface area contributed by atoms with Crippen LogP contribution in [0, 0.1) is 0 Å². The number of nitrogens with zero attached hydrogens (tertiary/aromatic N) is 2. The number of aromatic nitrogens is 1. The number of fused-ring (bicyclic) bond motifs is 1. The van der Waals surface area contributed by atoms with Gasteiger partial charge in [0.1, 0.15) is 0 Å². The molecule has 1 atom stereocenters. The van der Waals surface area contributed by atoms with Crippen molar-refractivity contribution in [2.75, 3.05) is 18.5 Å². The SMILES string of the molecule is CCCn1ccc2cc(NC(=O)N3CCCC3CO)ccc21. The van der Waals surface area contributed by atoms with Gasteiger partial charge in [0.2, 0.25) is 0 Å². The molecule has 2 heterocycles. The van der Waals surface area contributed by atoms with E-state index in [4.69, 9.17) is 0 Å². The van der Waals surface area contributed by atoms with Crippen molar-refractivity contribution >= 4 is 22.6 Å². The molecule has 2 aromatic rings. The number of rotatable bonds is 4. The summed E-state index contributed by atoms with van der Waals surface area (Å²) in [7, 11) is 0. The third-order valence-corrected chi connectivity index (χ3v) is 4.34. The summed E-state index contributed by atoms with van der Waals surface area (Å²) in [6.45, 7) is 3.91. The van der Waals surface area contributed by atoms with E-state index in [1.165, 1.54) is 5.52 Å². The molecule has 22 heavy (non-hydrogen) atoms. The van der Waals surface area contributed by atoms with Crippen molar-refractivity contribution in [2.24, 2.45) is 0 Å². The second kappa shape index (κ2) is 6.40. The fourth-order valence-corrected chi connectivity index (χ4v) is 3.20. The number of urea groups is 1. The number of aliphatic hydroxyl groups is 1. The van der Waals surface area contributed by atoms with E-state index in [-0.39, 0.29) is 18.7 Å². The van der Waals surface area contributed by atoms with Gasteiger partial charge >= 0.3 is 6.03 Å². The molecule has 1 unspecified atom stereocenters. The quantitative estimate of drug-likeness (QED) is 0.912. The largest absolute Gasteiger partial charge is 0.394 e. The number of carbonyl (C=O) groups is 1. The molecule has 1 aromatic carbocycles. The van der Waals surface area contributed by atoms with Crippen LogP contribution in [0.5, 0.6) is 0 Å². The molecular formula is C17H23N3O2. The fraction of sp³-hybridized carbons (Fsp3) is 0.471. The van der Waals surface area contributed by atoms with Gasteiger partial charge in [-0.2, -0.15) is 0 Å². The summed E-state index contributed by atoms with van der Waals surface area (Å²) < 4.78 is 2.23. The predicted molar refractivity (Wildman–Crippen MR) is 88.1 cm³/mol. The third kappa shape index (κ3) is 2.81. The molecule has 0 spiro atoms. The number of carbonyl (C=O) groups excluding carboxylic acids is 1. The molecule has 118 valence electrons. The topological polar surface area (TPSA) is 57.5 Å². The number of nitrogens with one attached hydrogen (secondary N) is 1. The van der Waals surface area contributed by atoms with Gasteiger partial charge in [0, 0.05) is 35.9 Å². The van der Waals surface area contributed by atoms with E-state index in [0.29, 0.717) is 6.54 Å². The Morgan fingerprint density at radius 3 is 3.05 bits per heavy atom. The minimum Gasteiger partial charge on any atom is -0.394 e. The number of anilines is 1. The van der Waals surface area contributed by atoms with Crippen molar-refractivity contribution in [2.45, 2.75) is 38.8 Å². The number of amides is 2. The maximum absolute atomic E-state index is 12.3. The smallest absolute Gasteiger partial charge is 0.322 e. The summed E-state index contributed by atoms with van der Waals surface area (Å²) in [5, 5.41) is 13.4. The lowest BCUT2D eigenvalue weighted by molar-refractivity contribution is 0.166. The van der Waals surface area contributed by atoms with Gasteiger partial charge in [0.25, 0.3) is 0 Å². The van der Waals surface area contributed by atoms with E-state index < -0.39 is 0 Å². The molecule has 3 rings (SSSR count). The molecule has 0 radical (unpaired) electrons. The Morgan fingerprint density at radius 1 is 1.41 bits per heavy atom. The molecule has 2 amide bonds. The fourth-order valence-electron chi connectivity index (χ4n) is 3.20. The van der Waals surface area contributed by atoms with Gasteiger partial charge < -0.3 is 19.9 Å². The van der Waals surface area contributed by atoms with E-state index in [2.05, 4.69) is 29.1 Å². The van der Waals surface area contributed by atoms with Gasteiger partial charge in [-0.3, -0.25) is 0 Å². The van der Waals surface area contributed by atoms with Crippen molar-refractivity contribution in [3.05, 3.63) is 30.5 Å². The molecule has 0 aliphatic carbocycles. The van der Waals surface area contributed by atoms with Gasteiger partial charge in [0.15, 0.2) is 0 Å². The van der Waals surface area contributed by atoms with Crippen LogP contribution in [-0.2, 0) is 6.54 Å². The lowest BCUT2D eigenvalue weighted by atomic mass is 10.2. The van der Waals surface area contributed by atoms with Crippen LogP contribution in [0.15, 0.2) is 30.5 Å². The summed E-state index contributed by atoms with van der Waals surface area (Å²) in [5.41, 5.74) is 1.99. The molecular weight excluding hydrogens is 278 g/mol. The summed E-state index contributed by atoms with van der Waals surface area (Å²) in [6, 6.07) is 7.90. The zero-order valence-electron chi connectivity index (χ0n) is 13.0. The first-order valence-corrected chi connectivity index (χ1v) is 8.00. The highest BCUT2D eigenvalue weighted by Gasteiger charge is 2.28. The Bertz CT molecular complexity index is 665. The molecule has 1 aliphatic heterocycles. The minimum atomic E-state index is -0.121. The monoisotopic (exact) mass is 301 g/mol. The minimum absolute atomic E-state index is 0.0341. The summed E-state index contributed by atoms with van der Waals surface area (Å²) in [4.78, 5) is 14.1. The van der Waals surface area contributed by atoms with E-state index in [1.807, 2.05) is 18.2 Å². The van der Waals surface area contributed by atoms with Gasteiger partial charge in [-0.1, -0.05) is 6.92 Å². The Hall–Kier alpha value is -2.01. The third-order valence-electron chi connectivity index (χ3n) is 4.34. The zero-order valence-corrected chi connectivity index (χ0v) is 13.0. The van der Waals surface area contributed by atoms with Crippen LogP contribution in [0.25, 0.3) is 10.9 Å². The lowest BCUT2D eigenvalue weighted by Crippen LogP contribution is -2.40. The van der Waals surface area contributed by atoms with Crippen LogP contribution in [0.1, 0.15) is 26.2 Å². The Labute approximate surface area is 130 Å². The number of hydrogen-bond donors (Lipinski definition) is 2. The van der Waals surface area contributed by atoms with Crippen molar-refractivity contribution in [3.8, 4) is 0 Å². The molecule has 1 fully saturated rings. The van der Waals surface area contributed by atoms with Gasteiger partial charge in [0.05, 0.1) is 12.6 Å². The van der Waals surface area contributed by atoms with E-state index >= 15 is 0 Å². The van der Waals surface area contributed by atoms with E-state index in [0.717, 1.165) is 36.9 Å². The number of likely N-dealkylation sites (tertiary alicyclic amines) is 1. The number of hydrogen-bond acceptors (Lipinski definition) is 2. The first-order valence-electron chi connectivity index (χ1n) is 8.00. The second-order valence-electron chi connectivity index (χ2n) is 5.88. The maximum atomic E-state index is 12.3. The summed E-state index contributed by atoms with van der Waals surface area (Å²) >= 11 is 0. The molecule has 5 heteroatoms. The first kappa shape index (κ1) is 14.9. The average Bonchev–Trinajstić information content (AvgIpc) is 3.14. The van der Waals surface area contributed by atoms with Crippen LogP contribution in [0.2, 0.25) is 0 Å². The molecule has 0 saturated carbocycles. The van der Waals surface area contributed by atoms with Crippen LogP contribution in [-0.4, -0.2) is 39.8 Å². The molecule has 1 aliphatic rings. The van der Waals surface area contributed by atoms with Gasteiger partial charge in [-0.15, -0.1) is 0 Å². The van der Waals surface area contributed by atoms with Crippen molar-refractivity contribution in [1.29, 1.82) is 0 Å². The highest BCUT2D eigenvalue weighted by molar-refractivity contribution is 5.93. The van der Waals surface area contributed by atoms with Gasteiger partial charge in [-0.05, 0) is 43.5 Å². The summed E-state index contributed by atoms with van der Waals surface area (Å²) in [6.07, 6.45) is 5.02. The molecule has 5 nitrogen and oxygen atoms in total. The normalized spacial score (nSPS) is 18.1. The standard InChI is InChI=1S/C17H23N3O2/c1-2-8-19-10-7-13-11-14(5-6-16(13)19)18-17(22)20-9-3-4-15(20)12-21/h5-7,10-11,15,21H,2-4,8-9,12H2,1H3,(H,18,22). The van der Waals surface area contributed by atoms with Crippen molar-refractivity contribution in [3.63, 3.8) is 0 Å². The number of benzene rings is 1. The molecule has 0 bridgehead atoms. The van der Waals surface area contributed by atoms with Crippen LogP contribution in [0.3, 0.4) is 0 Å². The maximum Gasteiger partial charge on any atom is 0.322 e. The van der Waals surface area contributed by atoms with Crippen molar-refractivity contribution < 1.29 is 9.90 Å². The average molecular weight is 301 g/mol. The number of aliphatic hydroxyl groups excluding tert-OH is 1. The van der Waals surface area contributed by atoms with E-state index in [1.54, 1.807) is 4.90 Å². The van der Waals surface area contributed by atoms with Crippen LogP contribution < -0.4 is 5.32 Å². The Morgan fingerprint density at radius 2 is 2.27 bits per heavy atom. The van der Waals surface area contributed by atoms with E-state index in [9.17, 15) is 9.90 Å². The molecule has 1 aromatic heterocycles. The van der Waals surface area contributed by atoms with Gasteiger partial charge in [-0.25, -0.2) is 4.79 Å². The van der Waals surface area contributed by atoms with Crippen LogP contribution in [0.4, 0.5) is 10.5 Å². The number of aryl methyl sites for hydroxylation is 1. The molecule has 2 N–H and O–H groups in total. The zero-order chi connectivity index (χ0) is 15.5. The first-order chi connectivity index (χ1) is 10.7. The highest BCUT2D eigenvalue weighted by atomic mass is 16.3. The second-order valence-corrected chi connectivity index (χ2v) is 5.88. The Kier molecular flexibility index (Phi) is 4.34. The van der Waals surface area contributed by atoms with Crippen molar-refractivity contribution in [1.82, 2.24) is 9.47 Å². The Balaban J connectivity index is 1.75. The molecule has 1 saturated heterocycles. The van der Waals surface area contributed by atoms with Crippen LogP contribution >= 0.6 is 0 Å². The lowest BCUT2D eigenvalue weighted by Gasteiger charge is -2.23. The predicted octanol–water partition coefficient (Wildman–Crippen LogP) is 3.04. The summed E-state index contributed by atoms with van der Waals surface area (Å²) in [5.74, 6) is 0. The highest BCUT2D eigenvalue weighted by Crippen LogP contribution is 2.23.